The first-order chi connectivity index (χ1) is 37.0. The lowest BCUT2D eigenvalue weighted by molar-refractivity contribution is -0.419. The minimum absolute atomic E-state index is 0.0307. The molecule has 0 aliphatic heterocycles. The quantitative estimate of drug-likeness (QED) is 0.0701. The van der Waals surface area contributed by atoms with E-state index < -0.39 is 14.8 Å². The average molecular weight is 1000 g/mol. The summed E-state index contributed by atoms with van der Waals surface area (Å²) in [4.78, 5) is 41.3. The molecule has 11 rings (SSSR count). The smallest absolute Gasteiger partial charge is 0.269 e. The molecule has 0 amide bonds. The third-order valence-corrected chi connectivity index (χ3v) is 12.4. The van der Waals surface area contributed by atoms with Gasteiger partial charge in [-0.3, -0.25) is 30.3 Å². The molecule has 0 aliphatic carbocycles. The van der Waals surface area contributed by atoms with Crippen LogP contribution in [0, 0.1) is 30.3 Å². The van der Waals surface area contributed by atoms with Gasteiger partial charge >= 0.3 is 0 Å². The van der Waals surface area contributed by atoms with Gasteiger partial charge in [-0.05, 0) is 109 Å². The first-order valence-corrected chi connectivity index (χ1v) is 24.3. The summed E-state index contributed by atoms with van der Waals surface area (Å²) < 4.78 is 4.59. The highest BCUT2D eigenvalue weighted by molar-refractivity contribution is 6.12. The molecule has 0 spiro atoms. The SMILES string of the molecule is C=C/C(=C\C)[N+](=O)[O-].C=CC=C.CC.O=[N+]([O-])c1ccc(-c2cc(-c3ccc([N+](=O)[O-])cc3)nc(-c3cccc(-n4c5ccccc5c5ccc(-c6ccc7c(c6)c6ccccc6n7-c6ccccc6)cc54)c3)n2)cc1. The summed E-state index contributed by atoms with van der Waals surface area (Å²) in [5.74, 6) is 0.431. The number of hydrogen-bond donors (Lipinski definition) is 0. The van der Waals surface area contributed by atoms with Crippen molar-refractivity contribution in [2.75, 3.05) is 0 Å². The zero-order valence-electron chi connectivity index (χ0n) is 42.0. The molecule has 76 heavy (non-hydrogen) atoms. The van der Waals surface area contributed by atoms with Crippen LogP contribution in [0.2, 0.25) is 0 Å². The van der Waals surface area contributed by atoms with Crippen molar-refractivity contribution in [1.82, 2.24) is 19.1 Å². The number of nitro groups is 3. The molecule has 0 saturated carbocycles. The van der Waals surface area contributed by atoms with Crippen molar-refractivity contribution in [3.8, 4) is 56.4 Å². The standard InChI is InChI=1S/C52H32N6O4.C5H7NO2.C4H6.C2H6/c59-57(60)39-23-17-33(18-24-39)46-32-47(34-19-25-40(26-20-34)58(61)62)54-52(53-46)37-9-8-12-41(29-37)56-48-15-6-4-13-42(48)44-27-21-36(31-51(44)56)35-22-28-50-45(30-35)43-14-5-7-16-49(43)55(50)38-10-2-1-3-11-38;1-3-5(4-2)6(7)8;1-3-4-2;1-2/h1-32H;3-4H,1H2,2H3;3-4H,1-2H2;1-2H3/b;5-4+;;. The largest absolute Gasteiger partial charge is 0.309 e. The summed E-state index contributed by atoms with van der Waals surface area (Å²) in [7, 11) is 0. The van der Waals surface area contributed by atoms with Gasteiger partial charge in [0.05, 0.1) is 48.2 Å². The maximum absolute atomic E-state index is 11.5. The van der Waals surface area contributed by atoms with Gasteiger partial charge in [-0.2, -0.15) is 0 Å². The Morgan fingerprint density at radius 1 is 0.447 bits per heavy atom. The summed E-state index contributed by atoms with van der Waals surface area (Å²) in [6.07, 6.45) is 5.88. The molecule has 8 aromatic carbocycles. The molecule has 0 radical (unpaired) electrons. The fraction of sp³-hybridized carbons (Fsp3) is 0.0476. The lowest BCUT2D eigenvalue weighted by Crippen LogP contribution is -1.98. The van der Waals surface area contributed by atoms with Crippen molar-refractivity contribution < 1.29 is 14.8 Å². The fourth-order valence-corrected chi connectivity index (χ4v) is 8.90. The Kier molecular flexibility index (Phi) is 16.0. The van der Waals surface area contributed by atoms with Crippen molar-refractivity contribution in [3.63, 3.8) is 0 Å². The number of hydrogen-bond acceptors (Lipinski definition) is 8. The van der Waals surface area contributed by atoms with Crippen LogP contribution in [0.15, 0.2) is 244 Å². The van der Waals surface area contributed by atoms with E-state index in [2.05, 4.69) is 144 Å². The van der Waals surface area contributed by atoms with E-state index in [4.69, 9.17) is 9.97 Å². The van der Waals surface area contributed by atoms with Gasteiger partial charge in [0.2, 0.25) is 0 Å². The van der Waals surface area contributed by atoms with Crippen molar-refractivity contribution in [2.24, 2.45) is 0 Å². The van der Waals surface area contributed by atoms with Gasteiger partial charge in [0.1, 0.15) is 0 Å². The van der Waals surface area contributed by atoms with E-state index in [1.807, 2.05) is 38.1 Å². The van der Waals surface area contributed by atoms with Crippen molar-refractivity contribution in [3.05, 3.63) is 274 Å². The minimum Gasteiger partial charge on any atom is -0.309 e. The summed E-state index contributed by atoms with van der Waals surface area (Å²) >= 11 is 0. The van der Waals surface area contributed by atoms with Crippen LogP contribution < -0.4 is 0 Å². The monoisotopic (exact) mass is 1000 g/mol. The number of nitro benzene ring substituents is 2. The Labute approximate surface area is 438 Å². The molecule has 0 aliphatic rings. The molecule has 11 aromatic rings. The lowest BCUT2D eigenvalue weighted by Gasteiger charge is -2.13. The Balaban J connectivity index is 0.000000489. The van der Waals surface area contributed by atoms with E-state index in [1.165, 1.54) is 47.2 Å². The molecule has 3 aromatic heterocycles. The summed E-state index contributed by atoms with van der Waals surface area (Å²) in [5, 5.41) is 37.3. The van der Waals surface area contributed by atoms with Crippen LogP contribution in [-0.2, 0) is 0 Å². The van der Waals surface area contributed by atoms with Crippen LogP contribution in [0.5, 0.6) is 0 Å². The zero-order valence-corrected chi connectivity index (χ0v) is 42.0. The number of fused-ring (bicyclic) bond motifs is 6. The van der Waals surface area contributed by atoms with Gasteiger partial charge in [0.15, 0.2) is 5.82 Å². The highest BCUT2D eigenvalue weighted by Gasteiger charge is 2.19. The third-order valence-electron chi connectivity index (χ3n) is 12.4. The maximum atomic E-state index is 11.5. The molecule has 0 saturated heterocycles. The first-order valence-electron chi connectivity index (χ1n) is 24.3. The molecule has 0 fully saturated rings. The summed E-state index contributed by atoms with van der Waals surface area (Å²) in [6, 6.07) is 63.1. The highest BCUT2D eigenvalue weighted by Crippen LogP contribution is 2.39. The molecule has 3 heterocycles. The van der Waals surface area contributed by atoms with Crippen LogP contribution in [0.4, 0.5) is 11.4 Å². The van der Waals surface area contributed by atoms with Crippen LogP contribution in [0.25, 0.3) is 100 Å². The first kappa shape index (κ1) is 51.9. The molecule has 0 N–H and O–H groups in total. The molecular formula is C63H51N7O6. The number of non-ortho nitro benzene ring substituents is 2. The van der Waals surface area contributed by atoms with Gasteiger partial charge in [-0.15, -0.1) is 0 Å². The Hall–Kier alpha value is -10.4. The molecule has 0 bridgehead atoms. The van der Waals surface area contributed by atoms with Gasteiger partial charge < -0.3 is 9.13 Å². The van der Waals surface area contributed by atoms with E-state index in [1.54, 1.807) is 49.4 Å². The second-order valence-electron chi connectivity index (χ2n) is 16.8. The lowest BCUT2D eigenvalue weighted by atomic mass is 10.0. The van der Waals surface area contributed by atoms with E-state index in [0.717, 1.165) is 60.9 Å². The van der Waals surface area contributed by atoms with E-state index in [-0.39, 0.29) is 17.1 Å². The molecule has 374 valence electrons. The van der Waals surface area contributed by atoms with Crippen molar-refractivity contribution in [2.45, 2.75) is 20.8 Å². The number of benzene rings is 8. The van der Waals surface area contributed by atoms with E-state index in [9.17, 15) is 30.3 Å². The normalized spacial score (nSPS) is 10.9. The number of para-hydroxylation sites is 3. The number of nitrogens with zero attached hydrogens (tertiary/aromatic N) is 7. The third kappa shape index (κ3) is 10.7. The van der Waals surface area contributed by atoms with Gasteiger partial charge in [-0.1, -0.05) is 131 Å². The fourth-order valence-electron chi connectivity index (χ4n) is 8.90. The predicted molar refractivity (Wildman–Crippen MR) is 308 cm³/mol. The molecule has 0 atom stereocenters. The van der Waals surface area contributed by atoms with Crippen molar-refractivity contribution >= 4 is 55.0 Å². The Morgan fingerprint density at radius 2 is 0.908 bits per heavy atom. The van der Waals surface area contributed by atoms with Crippen LogP contribution in [0.1, 0.15) is 20.8 Å². The summed E-state index contributed by atoms with van der Waals surface area (Å²) in [5.41, 5.74) is 11.8. The second-order valence-corrected chi connectivity index (χ2v) is 16.8. The Bertz CT molecular complexity index is 3930. The van der Waals surface area contributed by atoms with Gasteiger partial charge in [0, 0.05) is 80.0 Å². The number of aromatic nitrogens is 4. The highest BCUT2D eigenvalue weighted by atomic mass is 16.6. The van der Waals surface area contributed by atoms with Crippen LogP contribution in [-0.4, -0.2) is 33.9 Å². The van der Waals surface area contributed by atoms with Gasteiger partial charge in [0.25, 0.3) is 17.1 Å². The van der Waals surface area contributed by atoms with Crippen LogP contribution in [0.3, 0.4) is 0 Å². The van der Waals surface area contributed by atoms with Crippen LogP contribution >= 0.6 is 0 Å². The average Bonchev–Trinajstić information content (AvgIpc) is 4.05. The van der Waals surface area contributed by atoms with Gasteiger partial charge in [-0.25, -0.2) is 9.97 Å². The van der Waals surface area contributed by atoms with E-state index in [0.29, 0.717) is 28.3 Å². The maximum Gasteiger partial charge on any atom is 0.269 e. The second kappa shape index (κ2) is 23.4. The molecule has 13 heteroatoms. The number of allylic oxidation sites excluding steroid dienone is 4. The van der Waals surface area contributed by atoms with E-state index >= 15 is 0 Å². The molecular weight excluding hydrogens is 951 g/mol. The minimum atomic E-state index is -0.479. The number of rotatable bonds is 11. The van der Waals surface area contributed by atoms with Crippen molar-refractivity contribution in [1.29, 1.82) is 0 Å². The summed E-state index contributed by atoms with van der Waals surface area (Å²) in [6.45, 7) is 15.6. The molecule has 13 nitrogen and oxygen atoms in total. The Morgan fingerprint density at radius 3 is 1.42 bits per heavy atom. The molecule has 0 unspecified atom stereocenters. The predicted octanol–water partition coefficient (Wildman–Crippen LogP) is 16.9. The topological polar surface area (TPSA) is 165 Å². The zero-order chi connectivity index (χ0) is 53.9.